The number of nitrogens with one attached hydrogen (secondary N) is 1. The smallest absolute Gasteiger partial charge is 0.212 e. The van der Waals surface area contributed by atoms with E-state index >= 15 is 0 Å². The largest absolute Gasteiger partial charge is 0.221 e. The van der Waals surface area contributed by atoms with E-state index in [4.69, 9.17) is 0 Å². The Hall–Kier alpha value is 1.50. The standard InChI is InChI=1S/C2H7NO4S2.K/c1-8(4,5)3-9(2,6)7;/h3H,1-2H3;. The molecule has 0 unspecified atom stereocenters. The zero-order valence-corrected chi connectivity index (χ0v) is 10.7. The quantitative estimate of drug-likeness (QED) is 0.543. The van der Waals surface area contributed by atoms with Crippen molar-refractivity contribution in [2.24, 2.45) is 0 Å². The zero-order chi connectivity index (χ0) is 7.71. The van der Waals surface area contributed by atoms with Gasteiger partial charge in [-0.3, -0.25) is 0 Å². The van der Waals surface area contributed by atoms with Gasteiger partial charge in [0.05, 0.1) is 12.5 Å². The molecule has 0 aromatic carbocycles. The van der Waals surface area contributed by atoms with Crippen molar-refractivity contribution in [3.8, 4) is 0 Å². The van der Waals surface area contributed by atoms with Crippen LogP contribution in [0.4, 0.5) is 0 Å². The normalized spacial score (nSPS) is 12.2. The maximum atomic E-state index is 10.2. The number of hydrogen-bond acceptors (Lipinski definition) is 4. The van der Waals surface area contributed by atoms with Crippen LogP contribution in [0.1, 0.15) is 0 Å². The third kappa shape index (κ3) is 12.2. The molecule has 0 aliphatic carbocycles. The van der Waals surface area contributed by atoms with Gasteiger partial charge in [-0.2, -0.15) is 0 Å². The van der Waals surface area contributed by atoms with Gasteiger partial charge in [0.15, 0.2) is 0 Å². The molecule has 0 aliphatic rings. The van der Waals surface area contributed by atoms with Crippen molar-refractivity contribution < 1.29 is 16.8 Å². The molecule has 1 radical (unpaired) electrons. The Kier molecular flexibility index (Phi) is 6.33. The predicted molar refractivity (Wildman–Crippen MR) is 38.6 cm³/mol. The second-order valence-electron chi connectivity index (χ2n) is 1.63. The minimum absolute atomic E-state index is 0. The van der Waals surface area contributed by atoms with E-state index in [0.29, 0.717) is 0 Å². The van der Waals surface area contributed by atoms with E-state index in [1.54, 1.807) is 0 Å². The second kappa shape index (κ2) is 4.50. The zero-order valence-electron chi connectivity index (χ0n) is 5.95. The fourth-order valence-corrected chi connectivity index (χ4v) is 2.47. The predicted octanol–water partition coefficient (Wildman–Crippen LogP) is -1.89. The van der Waals surface area contributed by atoms with Crippen molar-refractivity contribution in [2.45, 2.75) is 0 Å². The van der Waals surface area contributed by atoms with Crippen LogP contribution in [0.25, 0.3) is 0 Å². The number of rotatable bonds is 2. The number of hydrogen-bond donors (Lipinski definition) is 1. The Labute approximate surface area is 103 Å². The van der Waals surface area contributed by atoms with Gasteiger partial charge in [0.1, 0.15) is 0 Å². The van der Waals surface area contributed by atoms with Crippen LogP contribution in [0, 0.1) is 0 Å². The van der Waals surface area contributed by atoms with Crippen LogP contribution in [0.5, 0.6) is 0 Å². The first-order valence-corrected chi connectivity index (χ1v) is 5.67. The summed E-state index contributed by atoms with van der Waals surface area (Å²) in [7, 11) is -7.24. The van der Waals surface area contributed by atoms with Crippen molar-refractivity contribution in [1.82, 2.24) is 4.13 Å². The Bertz CT molecular complexity index is 246. The molecule has 0 amide bonds. The molecule has 0 aromatic heterocycles. The maximum absolute atomic E-state index is 10.2. The van der Waals surface area contributed by atoms with Crippen LogP contribution in [-0.4, -0.2) is 80.7 Å². The fraction of sp³-hybridized carbons (Fsp3) is 1.00. The molecule has 0 saturated carbocycles. The Morgan fingerprint density at radius 3 is 1.10 bits per heavy atom. The van der Waals surface area contributed by atoms with Crippen molar-refractivity contribution in [1.29, 1.82) is 0 Å². The van der Waals surface area contributed by atoms with Gasteiger partial charge in [0.2, 0.25) is 20.0 Å². The first kappa shape index (κ1) is 14.0. The molecule has 57 valence electrons. The molecule has 0 heterocycles. The van der Waals surface area contributed by atoms with Crippen molar-refractivity contribution >= 4 is 71.4 Å². The molecule has 10 heavy (non-hydrogen) atoms. The van der Waals surface area contributed by atoms with Crippen LogP contribution in [-0.2, 0) is 20.0 Å². The first-order valence-electron chi connectivity index (χ1n) is 1.89. The summed E-state index contributed by atoms with van der Waals surface area (Å²) < 4.78 is 42.0. The van der Waals surface area contributed by atoms with Crippen molar-refractivity contribution in [3.05, 3.63) is 0 Å². The van der Waals surface area contributed by atoms with E-state index in [1.165, 1.54) is 4.13 Å². The van der Waals surface area contributed by atoms with E-state index in [0.717, 1.165) is 12.5 Å². The summed E-state index contributed by atoms with van der Waals surface area (Å²) in [6, 6.07) is 0. The van der Waals surface area contributed by atoms with Gasteiger partial charge in [-0.1, -0.05) is 0 Å². The van der Waals surface area contributed by atoms with E-state index < -0.39 is 20.0 Å². The van der Waals surface area contributed by atoms with Gasteiger partial charge < -0.3 is 0 Å². The maximum Gasteiger partial charge on any atom is 0.221 e. The molecule has 0 saturated heterocycles. The molecule has 0 rings (SSSR count). The summed E-state index contributed by atoms with van der Waals surface area (Å²) in [5, 5.41) is 0. The van der Waals surface area contributed by atoms with Gasteiger partial charge in [-0.25, -0.2) is 16.8 Å². The van der Waals surface area contributed by atoms with Gasteiger partial charge in [-0.15, -0.1) is 4.13 Å². The summed E-state index contributed by atoms with van der Waals surface area (Å²) in [6.07, 6.45) is 1.54. The summed E-state index contributed by atoms with van der Waals surface area (Å²) in [5.41, 5.74) is 0. The summed E-state index contributed by atoms with van der Waals surface area (Å²) in [4.78, 5) is 0. The van der Waals surface area contributed by atoms with Crippen LogP contribution in [0.3, 0.4) is 0 Å². The van der Waals surface area contributed by atoms with E-state index in [1.807, 2.05) is 0 Å². The minimum Gasteiger partial charge on any atom is -0.212 e. The van der Waals surface area contributed by atoms with E-state index in [9.17, 15) is 16.8 Å². The molecule has 0 spiro atoms. The summed E-state index contributed by atoms with van der Waals surface area (Å²) in [5.74, 6) is 0. The van der Waals surface area contributed by atoms with Crippen LogP contribution < -0.4 is 4.13 Å². The fourth-order valence-electron chi connectivity index (χ4n) is 0.275. The minimum atomic E-state index is -3.62. The Morgan fingerprint density at radius 1 is 0.900 bits per heavy atom. The Balaban J connectivity index is 0. The van der Waals surface area contributed by atoms with E-state index in [2.05, 4.69) is 0 Å². The molecule has 0 bridgehead atoms. The molecular formula is C2H7KNO4S2. The topological polar surface area (TPSA) is 80.3 Å². The van der Waals surface area contributed by atoms with Crippen molar-refractivity contribution in [3.63, 3.8) is 0 Å². The van der Waals surface area contributed by atoms with E-state index in [-0.39, 0.29) is 51.4 Å². The summed E-state index contributed by atoms with van der Waals surface area (Å²) in [6.45, 7) is 0. The third-order valence-electron chi connectivity index (χ3n) is 0.303. The molecule has 5 nitrogen and oxygen atoms in total. The molecular weight excluding hydrogens is 205 g/mol. The first-order chi connectivity index (χ1) is 3.71. The molecule has 0 aliphatic heterocycles. The molecule has 8 heteroatoms. The second-order valence-corrected chi connectivity index (χ2v) is 5.38. The average molecular weight is 212 g/mol. The van der Waals surface area contributed by atoms with Crippen LogP contribution in [0.2, 0.25) is 0 Å². The van der Waals surface area contributed by atoms with Gasteiger partial charge in [0, 0.05) is 51.4 Å². The van der Waals surface area contributed by atoms with Crippen molar-refractivity contribution in [2.75, 3.05) is 12.5 Å². The van der Waals surface area contributed by atoms with Gasteiger partial charge >= 0.3 is 0 Å². The van der Waals surface area contributed by atoms with Crippen LogP contribution in [0.15, 0.2) is 0 Å². The molecule has 0 atom stereocenters. The SMILES string of the molecule is CS(=O)(=O)NS(C)(=O)=O.[K]. The molecule has 0 aromatic rings. The number of sulfonamides is 2. The average Bonchev–Trinajstić information content (AvgIpc) is 1.14. The van der Waals surface area contributed by atoms with Gasteiger partial charge in [0.25, 0.3) is 0 Å². The third-order valence-corrected chi connectivity index (χ3v) is 2.72. The van der Waals surface area contributed by atoms with Gasteiger partial charge in [-0.05, 0) is 0 Å². The molecule has 0 fully saturated rings. The summed E-state index contributed by atoms with van der Waals surface area (Å²) >= 11 is 0. The molecule has 1 N–H and O–H groups in total. The van der Waals surface area contributed by atoms with Crippen LogP contribution >= 0.6 is 0 Å². The Morgan fingerprint density at radius 2 is 1.10 bits per heavy atom. The monoisotopic (exact) mass is 212 g/mol.